The van der Waals surface area contributed by atoms with Crippen LogP contribution in [0, 0.1) is 6.92 Å². The summed E-state index contributed by atoms with van der Waals surface area (Å²) in [5.41, 5.74) is 1.80. The number of hydrogen-bond acceptors (Lipinski definition) is 8. The van der Waals surface area contributed by atoms with Gasteiger partial charge in [0.2, 0.25) is 5.75 Å². The summed E-state index contributed by atoms with van der Waals surface area (Å²) in [4.78, 5) is 24.6. The minimum atomic E-state index is -0.749. The van der Waals surface area contributed by atoms with Gasteiger partial charge in [-0.25, -0.2) is 10.2 Å². The highest BCUT2D eigenvalue weighted by molar-refractivity contribution is 6.02. The molecule has 0 saturated heterocycles. The largest absolute Gasteiger partial charge is 0.507 e. The maximum absolute atomic E-state index is 12.7. The van der Waals surface area contributed by atoms with E-state index in [0.717, 1.165) is 0 Å². The number of benzene rings is 1. The Morgan fingerprint density at radius 3 is 2.13 bits per heavy atom. The van der Waals surface area contributed by atoms with Crippen LogP contribution < -0.4 is 25.3 Å². The van der Waals surface area contributed by atoms with Crippen LogP contribution in [0.1, 0.15) is 49.4 Å². The fraction of sp³-hybridized carbons (Fsp3) is 0.381. The first-order valence-electron chi connectivity index (χ1n) is 9.57. The second-order valence-corrected chi connectivity index (χ2v) is 6.14. The first-order valence-corrected chi connectivity index (χ1v) is 9.57. The summed E-state index contributed by atoms with van der Waals surface area (Å²) in [6, 6.07) is 4.34. The van der Waals surface area contributed by atoms with E-state index in [9.17, 15) is 14.7 Å². The predicted molar refractivity (Wildman–Crippen MR) is 111 cm³/mol. The Kier molecular flexibility index (Phi) is 7.85. The van der Waals surface area contributed by atoms with E-state index in [4.69, 9.17) is 18.6 Å². The molecule has 0 aliphatic rings. The Morgan fingerprint density at radius 2 is 1.63 bits per heavy atom. The van der Waals surface area contributed by atoms with Gasteiger partial charge in [0.05, 0.1) is 25.5 Å². The van der Waals surface area contributed by atoms with Gasteiger partial charge in [0.15, 0.2) is 11.5 Å². The zero-order chi connectivity index (χ0) is 22.3. The fourth-order valence-corrected chi connectivity index (χ4v) is 2.70. The third-order valence-corrected chi connectivity index (χ3v) is 3.91. The van der Waals surface area contributed by atoms with Crippen molar-refractivity contribution in [1.82, 2.24) is 5.43 Å². The van der Waals surface area contributed by atoms with Crippen LogP contribution in [0.3, 0.4) is 0 Å². The number of amides is 1. The summed E-state index contributed by atoms with van der Waals surface area (Å²) in [5, 5.41) is 13.9. The molecule has 0 atom stereocenters. The average molecular weight is 418 g/mol. The van der Waals surface area contributed by atoms with Gasteiger partial charge in [-0.05, 0) is 46.8 Å². The van der Waals surface area contributed by atoms with Crippen molar-refractivity contribution >= 4 is 11.6 Å². The molecule has 1 aromatic carbocycles. The summed E-state index contributed by atoms with van der Waals surface area (Å²) >= 11 is 0. The lowest BCUT2D eigenvalue weighted by molar-refractivity contribution is 0.0953. The summed E-state index contributed by atoms with van der Waals surface area (Å²) < 4.78 is 21.8. The quantitative estimate of drug-likeness (QED) is 0.474. The molecule has 2 rings (SSSR count). The minimum Gasteiger partial charge on any atom is -0.507 e. The molecule has 0 fully saturated rings. The van der Waals surface area contributed by atoms with Crippen LogP contribution >= 0.6 is 0 Å². The number of rotatable bonds is 9. The molecule has 0 radical (unpaired) electrons. The maximum Gasteiger partial charge on any atom is 0.348 e. The van der Waals surface area contributed by atoms with E-state index in [0.29, 0.717) is 37.1 Å². The highest BCUT2D eigenvalue weighted by atomic mass is 16.5. The predicted octanol–water partition coefficient (Wildman–Crippen LogP) is 3.00. The van der Waals surface area contributed by atoms with Gasteiger partial charge in [-0.3, -0.25) is 4.79 Å². The summed E-state index contributed by atoms with van der Waals surface area (Å²) in [7, 11) is 0. The van der Waals surface area contributed by atoms with E-state index in [1.807, 2.05) is 20.8 Å². The Hall–Kier alpha value is -3.49. The van der Waals surface area contributed by atoms with Crippen molar-refractivity contribution in [2.75, 3.05) is 19.8 Å². The maximum atomic E-state index is 12.7. The van der Waals surface area contributed by atoms with Crippen molar-refractivity contribution in [2.45, 2.75) is 34.6 Å². The van der Waals surface area contributed by atoms with E-state index in [1.165, 1.54) is 32.0 Å². The highest BCUT2D eigenvalue weighted by Gasteiger charge is 2.19. The minimum absolute atomic E-state index is 0.0931. The van der Waals surface area contributed by atoms with Gasteiger partial charge in [-0.15, -0.1) is 0 Å². The molecule has 162 valence electrons. The van der Waals surface area contributed by atoms with Crippen LogP contribution in [-0.2, 0) is 0 Å². The molecule has 2 aromatic rings. The number of nitrogens with zero attached hydrogens (tertiary/aromatic N) is 1. The molecule has 0 saturated carbocycles. The van der Waals surface area contributed by atoms with E-state index in [-0.39, 0.29) is 28.3 Å². The SMILES string of the molecule is CCOc1cc(C(=O)N/N=C(/C)c2c(O)cc(C)oc2=O)cc(OCC)c1OCC. The number of aryl methyl sites for hydroxylation is 1. The Balaban J connectivity index is 2.36. The highest BCUT2D eigenvalue weighted by Crippen LogP contribution is 2.39. The zero-order valence-corrected chi connectivity index (χ0v) is 17.7. The second kappa shape index (κ2) is 10.3. The number of aromatic hydroxyl groups is 1. The third-order valence-electron chi connectivity index (χ3n) is 3.91. The molecule has 1 amide bonds. The molecule has 2 N–H and O–H groups in total. The molecule has 0 spiro atoms. The molecule has 0 unspecified atom stereocenters. The number of ether oxygens (including phenoxy) is 3. The molecule has 0 aliphatic carbocycles. The van der Waals surface area contributed by atoms with Crippen molar-refractivity contribution in [3.05, 3.63) is 45.5 Å². The van der Waals surface area contributed by atoms with E-state index < -0.39 is 11.5 Å². The summed E-state index contributed by atoms with van der Waals surface area (Å²) in [6.07, 6.45) is 0. The van der Waals surface area contributed by atoms with Crippen LogP contribution in [0.5, 0.6) is 23.0 Å². The molecular formula is C21H26N2O7. The van der Waals surface area contributed by atoms with Crippen molar-refractivity contribution in [3.63, 3.8) is 0 Å². The Bertz CT molecular complexity index is 968. The normalized spacial score (nSPS) is 11.2. The van der Waals surface area contributed by atoms with Gasteiger partial charge in [0.25, 0.3) is 5.91 Å². The second-order valence-electron chi connectivity index (χ2n) is 6.14. The lowest BCUT2D eigenvalue weighted by Gasteiger charge is -2.16. The average Bonchev–Trinajstić information content (AvgIpc) is 2.68. The number of hydrogen-bond donors (Lipinski definition) is 2. The topological polar surface area (TPSA) is 120 Å². The van der Waals surface area contributed by atoms with Gasteiger partial charge in [-0.2, -0.15) is 5.10 Å². The Labute approximate surface area is 174 Å². The van der Waals surface area contributed by atoms with Crippen LogP contribution in [0.4, 0.5) is 0 Å². The Morgan fingerprint density at radius 1 is 1.07 bits per heavy atom. The van der Waals surface area contributed by atoms with Crippen LogP contribution in [0.2, 0.25) is 0 Å². The van der Waals surface area contributed by atoms with Crippen molar-refractivity contribution in [3.8, 4) is 23.0 Å². The third kappa shape index (κ3) is 5.31. The number of hydrazone groups is 1. The van der Waals surface area contributed by atoms with Gasteiger partial charge in [0, 0.05) is 11.6 Å². The van der Waals surface area contributed by atoms with Crippen molar-refractivity contribution in [2.24, 2.45) is 5.10 Å². The fourth-order valence-electron chi connectivity index (χ4n) is 2.70. The first-order chi connectivity index (χ1) is 14.3. The van der Waals surface area contributed by atoms with Crippen molar-refractivity contribution < 1.29 is 28.5 Å². The molecule has 9 nitrogen and oxygen atoms in total. The van der Waals surface area contributed by atoms with Crippen LogP contribution in [0.25, 0.3) is 0 Å². The molecule has 0 aliphatic heterocycles. The molecule has 30 heavy (non-hydrogen) atoms. The van der Waals surface area contributed by atoms with Crippen LogP contribution in [0.15, 0.2) is 32.5 Å². The van der Waals surface area contributed by atoms with Gasteiger partial charge in [0.1, 0.15) is 17.1 Å². The monoisotopic (exact) mass is 418 g/mol. The van der Waals surface area contributed by atoms with E-state index in [2.05, 4.69) is 10.5 Å². The standard InChI is InChI=1S/C21H26N2O7/c1-6-27-16-10-14(11-17(28-7-2)19(16)29-8-3)20(25)23-22-13(5)18-15(24)9-12(4)30-21(18)26/h9-11,24H,6-8H2,1-5H3,(H,23,25)/b22-13-. The number of nitrogens with one attached hydrogen (secondary N) is 1. The van der Waals surface area contributed by atoms with Gasteiger partial charge >= 0.3 is 5.63 Å². The molecular weight excluding hydrogens is 392 g/mol. The first kappa shape index (κ1) is 22.8. The van der Waals surface area contributed by atoms with Crippen LogP contribution in [-0.4, -0.2) is 36.5 Å². The van der Waals surface area contributed by atoms with E-state index >= 15 is 0 Å². The lowest BCUT2D eigenvalue weighted by atomic mass is 10.1. The molecule has 1 heterocycles. The molecule has 9 heteroatoms. The summed E-state index contributed by atoms with van der Waals surface area (Å²) in [6.45, 7) is 9.62. The summed E-state index contributed by atoms with van der Waals surface area (Å²) in [5.74, 6) is 0.577. The smallest absolute Gasteiger partial charge is 0.348 e. The lowest BCUT2D eigenvalue weighted by Crippen LogP contribution is -2.22. The zero-order valence-electron chi connectivity index (χ0n) is 17.7. The van der Waals surface area contributed by atoms with E-state index in [1.54, 1.807) is 0 Å². The molecule has 1 aromatic heterocycles. The number of carbonyl (C=O) groups is 1. The number of carbonyl (C=O) groups excluding carboxylic acids is 1. The van der Waals surface area contributed by atoms with Crippen molar-refractivity contribution in [1.29, 1.82) is 0 Å². The van der Waals surface area contributed by atoms with Gasteiger partial charge in [-0.1, -0.05) is 0 Å². The molecule has 0 bridgehead atoms. The van der Waals surface area contributed by atoms with Gasteiger partial charge < -0.3 is 23.7 Å².